The predicted molar refractivity (Wildman–Crippen MR) is 64.5 cm³/mol. The molecule has 1 atom stereocenters. The highest BCUT2D eigenvalue weighted by atomic mass is 16.4. The first kappa shape index (κ1) is 15.4. The van der Waals surface area contributed by atoms with Crippen molar-refractivity contribution < 1.29 is 15.0 Å². The molecule has 0 aromatic carbocycles. The van der Waals surface area contributed by atoms with E-state index in [1.807, 2.05) is 0 Å². The standard InChI is InChI=1S/C12H25NO3/c1-2-3-4-5-6-7-8-13-10-11(14)9-12(15)16/h11,13-14H,2-10H2,1H3,(H,15,16). The second-order valence-corrected chi connectivity index (χ2v) is 4.22. The van der Waals surface area contributed by atoms with Gasteiger partial charge in [-0.25, -0.2) is 0 Å². The van der Waals surface area contributed by atoms with Crippen LogP contribution in [0.15, 0.2) is 0 Å². The maximum absolute atomic E-state index is 10.3. The molecule has 0 heterocycles. The van der Waals surface area contributed by atoms with Crippen molar-refractivity contribution in [1.29, 1.82) is 0 Å². The molecule has 0 radical (unpaired) electrons. The lowest BCUT2D eigenvalue weighted by molar-refractivity contribution is -0.139. The van der Waals surface area contributed by atoms with Gasteiger partial charge in [-0.05, 0) is 13.0 Å². The summed E-state index contributed by atoms with van der Waals surface area (Å²) in [6, 6.07) is 0. The normalized spacial score (nSPS) is 12.6. The van der Waals surface area contributed by atoms with Gasteiger partial charge in [0.25, 0.3) is 0 Å². The van der Waals surface area contributed by atoms with E-state index in [1.165, 1.54) is 32.1 Å². The number of nitrogens with one attached hydrogen (secondary N) is 1. The number of rotatable bonds is 11. The second kappa shape index (κ2) is 10.9. The topological polar surface area (TPSA) is 69.6 Å². The van der Waals surface area contributed by atoms with Crippen LogP contribution in [0.25, 0.3) is 0 Å². The molecule has 3 N–H and O–H groups in total. The molecule has 0 saturated heterocycles. The number of carboxylic acid groups (broad SMARTS) is 1. The van der Waals surface area contributed by atoms with Crippen LogP contribution < -0.4 is 5.32 Å². The highest BCUT2D eigenvalue weighted by Gasteiger charge is 2.07. The summed E-state index contributed by atoms with van der Waals surface area (Å²) in [5, 5.41) is 20.7. The van der Waals surface area contributed by atoms with E-state index >= 15 is 0 Å². The second-order valence-electron chi connectivity index (χ2n) is 4.22. The van der Waals surface area contributed by atoms with Crippen LogP contribution in [0, 0.1) is 0 Å². The van der Waals surface area contributed by atoms with Gasteiger partial charge in [0.1, 0.15) is 0 Å². The Morgan fingerprint density at radius 3 is 2.44 bits per heavy atom. The summed E-state index contributed by atoms with van der Waals surface area (Å²) in [5.74, 6) is -0.950. The van der Waals surface area contributed by atoms with Gasteiger partial charge < -0.3 is 15.5 Å². The first-order valence-electron chi connectivity index (χ1n) is 6.27. The van der Waals surface area contributed by atoms with Crippen molar-refractivity contribution in [2.45, 2.75) is 58.0 Å². The molecule has 4 heteroatoms. The monoisotopic (exact) mass is 231 g/mol. The number of aliphatic hydroxyl groups is 1. The Hall–Kier alpha value is -0.610. The molecule has 0 aliphatic rings. The summed E-state index contributed by atoms with van der Waals surface area (Å²) in [4.78, 5) is 10.3. The van der Waals surface area contributed by atoms with Gasteiger partial charge in [0, 0.05) is 6.54 Å². The summed E-state index contributed by atoms with van der Waals surface area (Å²) in [6.45, 7) is 3.44. The first-order chi connectivity index (χ1) is 7.66. The van der Waals surface area contributed by atoms with Crippen LogP contribution in [0.2, 0.25) is 0 Å². The van der Waals surface area contributed by atoms with E-state index in [0.717, 1.165) is 13.0 Å². The number of aliphatic carboxylic acids is 1. The van der Waals surface area contributed by atoms with E-state index in [1.54, 1.807) is 0 Å². The Morgan fingerprint density at radius 2 is 1.81 bits per heavy atom. The van der Waals surface area contributed by atoms with Gasteiger partial charge in [-0.15, -0.1) is 0 Å². The summed E-state index contributed by atoms with van der Waals surface area (Å²) in [5.41, 5.74) is 0. The van der Waals surface area contributed by atoms with Crippen LogP contribution in [0.4, 0.5) is 0 Å². The van der Waals surface area contributed by atoms with Crippen LogP contribution in [-0.2, 0) is 4.79 Å². The van der Waals surface area contributed by atoms with Gasteiger partial charge in [-0.3, -0.25) is 4.79 Å². The molecule has 0 fully saturated rings. The van der Waals surface area contributed by atoms with Crippen molar-refractivity contribution in [2.24, 2.45) is 0 Å². The van der Waals surface area contributed by atoms with Gasteiger partial charge in [0.05, 0.1) is 12.5 Å². The number of hydrogen-bond donors (Lipinski definition) is 3. The van der Waals surface area contributed by atoms with Gasteiger partial charge in [-0.1, -0.05) is 39.0 Å². The maximum Gasteiger partial charge on any atom is 0.306 e. The molecule has 0 aliphatic carbocycles. The number of carboxylic acids is 1. The largest absolute Gasteiger partial charge is 0.481 e. The first-order valence-corrected chi connectivity index (χ1v) is 6.27. The van der Waals surface area contributed by atoms with E-state index < -0.39 is 12.1 Å². The molecule has 0 aliphatic heterocycles. The molecule has 0 aromatic heterocycles. The summed E-state index contributed by atoms with van der Waals surface area (Å²) < 4.78 is 0. The van der Waals surface area contributed by atoms with E-state index in [4.69, 9.17) is 5.11 Å². The lowest BCUT2D eigenvalue weighted by Crippen LogP contribution is -2.29. The van der Waals surface area contributed by atoms with Crippen molar-refractivity contribution in [3.05, 3.63) is 0 Å². The number of hydrogen-bond acceptors (Lipinski definition) is 3. The van der Waals surface area contributed by atoms with E-state index in [2.05, 4.69) is 12.2 Å². The molecule has 4 nitrogen and oxygen atoms in total. The van der Waals surface area contributed by atoms with Crippen LogP contribution in [0.1, 0.15) is 51.9 Å². The van der Waals surface area contributed by atoms with Crippen molar-refractivity contribution in [2.75, 3.05) is 13.1 Å². The molecule has 0 spiro atoms. The Labute approximate surface area is 98.1 Å². The van der Waals surface area contributed by atoms with Gasteiger partial charge >= 0.3 is 5.97 Å². The highest BCUT2D eigenvalue weighted by Crippen LogP contribution is 2.04. The fourth-order valence-electron chi connectivity index (χ4n) is 1.57. The number of aliphatic hydroxyl groups excluding tert-OH is 1. The minimum absolute atomic E-state index is 0.177. The number of unbranched alkanes of at least 4 members (excludes halogenated alkanes) is 5. The molecule has 0 saturated carbocycles. The zero-order valence-corrected chi connectivity index (χ0v) is 10.2. The van der Waals surface area contributed by atoms with Crippen molar-refractivity contribution in [3.63, 3.8) is 0 Å². The highest BCUT2D eigenvalue weighted by molar-refractivity contribution is 5.67. The molecule has 1 unspecified atom stereocenters. The zero-order chi connectivity index (χ0) is 12.2. The molecule has 0 aromatic rings. The molecule has 96 valence electrons. The number of carbonyl (C=O) groups is 1. The molecule has 0 rings (SSSR count). The van der Waals surface area contributed by atoms with Gasteiger partial charge in [-0.2, -0.15) is 0 Å². The quantitative estimate of drug-likeness (QED) is 0.474. The van der Waals surface area contributed by atoms with E-state index in [0.29, 0.717) is 6.54 Å². The molecule has 0 bridgehead atoms. The minimum Gasteiger partial charge on any atom is -0.481 e. The van der Waals surface area contributed by atoms with Gasteiger partial charge in [0.2, 0.25) is 0 Å². The minimum atomic E-state index is -0.950. The van der Waals surface area contributed by atoms with Crippen LogP contribution in [0.3, 0.4) is 0 Å². The Bertz CT molecular complexity index is 174. The fraction of sp³-hybridized carbons (Fsp3) is 0.917. The molecular formula is C12H25NO3. The van der Waals surface area contributed by atoms with Crippen molar-refractivity contribution in [1.82, 2.24) is 5.32 Å². The van der Waals surface area contributed by atoms with Crippen LogP contribution in [0.5, 0.6) is 0 Å². The summed E-state index contributed by atoms with van der Waals surface area (Å²) in [6.07, 6.45) is 6.52. The average molecular weight is 231 g/mol. The fourth-order valence-corrected chi connectivity index (χ4v) is 1.57. The van der Waals surface area contributed by atoms with Crippen LogP contribution in [-0.4, -0.2) is 35.4 Å². The molecular weight excluding hydrogens is 206 g/mol. The van der Waals surface area contributed by atoms with Gasteiger partial charge in [0.15, 0.2) is 0 Å². The third-order valence-corrected chi connectivity index (χ3v) is 2.50. The third-order valence-electron chi connectivity index (χ3n) is 2.50. The lowest BCUT2D eigenvalue weighted by Gasteiger charge is -2.09. The van der Waals surface area contributed by atoms with E-state index in [-0.39, 0.29) is 6.42 Å². The Kier molecular flexibility index (Phi) is 10.5. The van der Waals surface area contributed by atoms with E-state index in [9.17, 15) is 9.90 Å². The summed E-state index contributed by atoms with van der Waals surface area (Å²) in [7, 11) is 0. The molecule has 16 heavy (non-hydrogen) atoms. The summed E-state index contributed by atoms with van der Waals surface area (Å²) >= 11 is 0. The third kappa shape index (κ3) is 11.5. The SMILES string of the molecule is CCCCCCCCNCC(O)CC(=O)O. The van der Waals surface area contributed by atoms with Crippen molar-refractivity contribution in [3.8, 4) is 0 Å². The average Bonchev–Trinajstić information content (AvgIpc) is 2.21. The van der Waals surface area contributed by atoms with Crippen LogP contribution >= 0.6 is 0 Å². The Balaban J connectivity index is 3.11. The predicted octanol–water partition coefficient (Wildman–Crippen LogP) is 1.77. The lowest BCUT2D eigenvalue weighted by atomic mass is 10.1. The molecule has 0 amide bonds. The smallest absolute Gasteiger partial charge is 0.306 e. The Morgan fingerprint density at radius 1 is 1.19 bits per heavy atom. The maximum atomic E-state index is 10.3. The van der Waals surface area contributed by atoms with Crippen molar-refractivity contribution >= 4 is 5.97 Å². The zero-order valence-electron chi connectivity index (χ0n) is 10.2.